The fraction of sp³-hybridized carbons (Fsp3) is 0.500. The third kappa shape index (κ3) is 4.77. The monoisotopic (exact) mass is 293 g/mol. The molecule has 5 nitrogen and oxygen atoms in total. The van der Waals surface area contributed by atoms with E-state index in [1.54, 1.807) is 0 Å². The molecule has 0 aliphatic rings. The predicted octanol–water partition coefficient (Wildman–Crippen LogP) is 2.24. The van der Waals surface area contributed by atoms with Crippen LogP contribution in [0.4, 0.5) is 0 Å². The van der Waals surface area contributed by atoms with Gasteiger partial charge in [0.2, 0.25) is 0 Å². The van der Waals surface area contributed by atoms with E-state index in [4.69, 9.17) is 9.84 Å². The summed E-state index contributed by atoms with van der Waals surface area (Å²) in [6.45, 7) is 7.17. The summed E-state index contributed by atoms with van der Waals surface area (Å²) in [5.74, 6) is -0.890. The van der Waals surface area contributed by atoms with Crippen molar-refractivity contribution >= 4 is 11.9 Å². The SMILES string of the molecule is CCc1ccccc1OC(C(=O)NC(C)C(=O)O)C(C)C. The van der Waals surface area contributed by atoms with E-state index in [0.717, 1.165) is 12.0 Å². The predicted molar refractivity (Wildman–Crippen MR) is 80.3 cm³/mol. The summed E-state index contributed by atoms with van der Waals surface area (Å²) >= 11 is 0. The van der Waals surface area contributed by atoms with Crippen molar-refractivity contribution in [1.29, 1.82) is 0 Å². The van der Waals surface area contributed by atoms with Gasteiger partial charge in [-0.3, -0.25) is 9.59 Å². The van der Waals surface area contributed by atoms with Crippen LogP contribution in [0, 0.1) is 5.92 Å². The molecule has 21 heavy (non-hydrogen) atoms. The Labute approximate surface area is 125 Å². The van der Waals surface area contributed by atoms with E-state index in [-0.39, 0.29) is 5.92 Å². The first kappa shape index (κ1) is 17.0. The number of para-hydroxylation sites is 1. The number of hydrogen-bond acceptors (Lipinski definition) is 3. The smallest absolute Gasteiger partial charge is 0.325 e. The molecule has 0 saturated carbocycles. The largest absolute Gasteiger partial charge is 0.480 e. The number of aliphatic carboxylic acids is 1. The number of nitrogens with one attached hydrogen (secondary N) is 1. The van der Waals surface area contributed by atoms with Crippen LogP contribution in [-0.2, 0) is 16.0 Å². The molecule has 1 rings (SSSR count). The highest BCUT2D eigenvalue weighted by molar-refractivity contribution is 5.86. The van der Waals surface area contributed by atoms with Gasteiger partial charge in [-0.05, 0) is 30.9 Å². The molecule has 2 unspecified atom stereocenters. The average Bonchev–Trinajstić information content (AvgIpc) is 2.44. The first-order chi connectivity index (χ1) is 9.86. The summed E-state index contributed by atoms with van der Waals surface area (Å²) in [4.78, 5) is 23.0. The summed E-state index contributed by atoms with van der Waals surface area (Å²) < 4.78 is 5.84. The van der Waals surface area contributed by atoms with Gasteiger partial charge in [0.05, 0.1) is 0 Å². The van der Waals surface area contributed by atoms with Crippen molar-refractivity contribution in [2.24, 2.45) is 5.92 Å². The first-order valence-electron chi connectivity index (χ1n) is 7.14. The number of ether oxygens (including phenoxy) is 1. The highest BCUT2D eigenvalue weighted by atomic mass is 16.5. The van der Waals surface area contributed by atoms with Crippen LogP contribution in [0.15, 0.2) is 24.3 Å². The molecular formula is C16H23NO4. The van der Waals surface area contributed by atoms with Crippen LogP contribution in [0.1, 0.15) is 33.3 Å². The molecule has 2 atom stereocenters. The highest BCUT2D eigenvalue weighted by Gasteiger charge is 2.27. The second kappa shape index (κ2) is 7.67. The molecule has 0 fully saturated rings. The number of aryl methyl sites for hydroxylation is 1. The van der Waals surface area contributed by atoms with E-state index < -0.39 is 24.0 Å². The Morgan fingerprint density at radius 2 is 1.86 bits per heavy atom. The maximum Gasteiger partial charge on any atom is 0.325 e. The van der Waals surface area contributed by atoms with Crippen molar-refractivity contribution in [1.82, 2.24) is 5.32 Å². The van der Waals surface area contributed by atoms with Gasteiger partial charge in [0.15, 0.2) is 6.10 Å². The molecule has 0 saturated heterocycles. The normalized spacial score (nSPS) is 13.6. The van der Waals surface area contributed by atoms with Gasteiger partial charge in [-0.2, -0.15) is 0 Å². The second-order valence-corrected chi connectivity index (χ2v) is 5.31. The molecule has 0 aliphatic heterocycles. The molecule has 1 aromatic rings. The van der Waals surface area contributed by atoms with Crippen LogP contribution < -0.4 is 10.1 Å². The van der Waals surface area contributed by atoms with Crippen LogP contribution in [-0.4, -0.2) is 29.1 Å². The molecule has 2 N–H and O–H groups in total. The van der Waals surface area contributed by atoms with E-state index in [1.165, 1.54) is 6.92 Å². The fourth-order valence-corrected chi connectivity index (χ4v) is 1.90. The lowest BCUT2D eigenvalue weighted by Gasteiger charge is -2.24. The van der Waals surface area contributed by atoms with Gasteiger partial charge >= 0.3 is 5.97 Å². The van der Waals surface area contributed by atoms with Crippen molar-refractivity contribution in [2.75, 3.05) is 0 Å². The zero-order valence-electron chi connectivity index (χ0n) is 12.9. The van der Waals surface area contributed by atoms with E-state index in [0.29, 0.717) is 5.75 Å². The Balaban J connectivity index is 2.87. The molecule has 5 heteroatoms. The van der Waals surface area contributed by atoms with Gasteiger partial charge in [0, 0.05) is 0 Å². The van der Waals surface area contributed by atoms with Crippen LogP contribution in [0.3, 0.4) is 0 Å². The number of amides is 1. The van der Waals surface area contributed by atoms with E-state index in [1.807, 2.05) is 45.0 Å². The number of carbonyl (C=O) groups is 2. The quantitative estimate of drug-likeness (QED) is 0.808. The molecule has 0 aliphatic carbocycles. The van der Waals surface area contributed by atoms with Crippen molar-refractivity contribution in [3.8, 4) is 5.75 Å². The number of carboxylic acid groups (broad SMARTS) is 1. The van der Waals surface area contributed by atoms with Gasteiger partial charge in [-0.15, -0.1) is 0 Å². The molecule has 116 valence electrons. The fourth-order valence-electron chi connectivity index (χ4n) is 1.90. The van der Waals surface area contributed by atoms with Crippen LogP contribution in [0.25, 0.3) is 0 Å². The lowest BCUT2D eigenvalue weighted by molar-refractivity contribution is -0.143. The minimum absolute atomic E-state index is 0.0732. The molecule has 0 spiro atoms. The standard InChI is InChI=1S/C16H23NO4/c1-5-12-8-6-7-9-13(12)21-14(10(2)3)15(18)17-11(4)16(19)20/h6-11,14H,5H2,1-4H3,(H,17,18)(H,19,20). The number of rotatable bonds is 7. The molecule has 0 bridgehead atoms. The molecule has 1 amide bonds. The molecule has 1 aromatic carbocycles. The summed E-state index contributed by atoms with van der Waals surface area (Å²) in [7, 11) is 0. The maximum absolute atomic E-state index is 12.2. The molecule has 0 heterocycles. The molecule has 0 radical (unpaired) electrons. The van der Waals surface area contributed by atoms with E-state index >= 15 is 0 Å². The lowest BCUT2D eigenvalue weighted by atomic mass is 10.1. The molecule has 0 aromatic heterocycles. The Morgan fingerprint density at radius 3 is 2.38 bits per heavy atom. The Hall–Kier alpha value is -2.04. The van der Waals surface area contributed by atoms with Crippen molar-refractivity contribution < 1.29 is 19.4 Å². The summed E-state index contributed by atoms with van der Waals surface area (Å²) in [5, 5.41) is 11.3. The Bertz CT molecular complexity index is 499. The van der Waals surface area contributed by atoms with Crippen LogP contribution >= 0.6 is 0 Å². The highest BCUT2D eigenvalue weighted by Crippen LogP contribution is 2.22. The van der Waals surface area contributed by atoms with E-state index in [2.05, 4.69) is 5.32 Å². The number of carboxylic acids is 1. The third-order valence-electron chi connectivity index (χ3n) is 3.20. The zero-order chi connectivity index (χ0) is 16.0. The number of hydrogen-bond donors (Lipinski definition) is 2. The van der Waals surface area contributed by atoms with Gasteiger partial charge in [-0.1, -0.05) is 39.0 Å². The Kier molecular flexibility index (Phi) is 6.21. The van der Waals surface area contributed by atoms with Crippen LogP contribution in [0.5, 0.6) is 5.75 Å². The second-order valence-electron chi connectivity index (χ2n) is 5.31. The van der Waals surface area contributed by atoms with Gasteiger partial charge in [0.25, 0.3) is 5.91 Å². The summed E-state index contributed by atoms with van der Waals surface area (Å²) in [6.07, 6.45) is 0.0771. The topological polar surface area (TPSA) is 75.6 Å². The van der Waals surface area contributed by atoms with Crippen molar-refractivity contribution in [3.05, 3.63) is 29.8 Å². The van der Waals surface area contributed by atoms with Crippen LogP contribution in [0.2, 0.25) is 0 Å². The Morgan fingerprint density at radius 1 is 1.24 bits per heavy atom. The summed E-state index contributed by atoms with van der Waals surface area (Å²) in [5.41, 5.74) is 1.02. The first-order valence-corrected chi connectivity index (χ1v) is 7.14. The zero-order valence-corrected chi connectivity index (χ0v) is 12.9. The minimum Gasteiger partial charge on any atom is -0.480 e. The minimum atomic E-state index is -1.07. The van der Waals surface area contributed by atoms with Gasteiger partial charge in [0.1, 0.15) is 11.8 Å². The maximum atomic E-state index is 12.2. The lowest BCUT2D eigenvalue weighted by Crippen LogP contribution is -2.47. The van der Waals surface area contributed by atoms with Gasteiger partial charge < -0.3 is 15.2 Å². The van der Waals surface area contributed by atoms with Crippen molar-refractivity contribution in [2.45, 2.75) is 46.3 Å². The number of benzene rings is 1. The number of carbonyl (C=O) groups excluding carboxylic acids is 1. The average molecular weight is 293 g/mol. The van der Waals surface area contributed by atoms with E-state index in [9.17, 15) is 9.59 Å². The summed E-state index contributed by atoms with van der Waals surface area (Å²) in [6, 6.07) is 6.60. The van der Waals surface area contributed by atoms with Gasteiger partial charge in [-0.25, -0.2) is 0 Å². The third-order valence-corrected chi connectivity index (χ3v) is 3.20. The molecular weight excluding hydrogens is 270 g/mol. The van der Waals surface area contributed by atoms with Crippen molar-refractivity contribution in [3.63, 3.8) is 0 Å².